The third-order valence-electron chi connectivity index (χ3n) is 3.98. The van der Waals surface area contributed by atoms with Crippen LogP contribution in [0.5, 0.6) is 0 Å². The Morgan fingerprint density at radius 1 is 1.16 bits per heavy atom. The summed E-state index contributed by atoms with van der Waals surface area (Å²) in [5.74, 6) is 0.0573. The van der Waals surface area contributed by atoms with E-state index < -0.39 is 16.0 Å². The number of benzene rings is 2. The van der Waals surface area contributed by atoms with E-state index in [1.807, 2.05) is 36.4 Å². The molecule has 25 heavy (non-hydrogen) atoms. The van der Waals surface area contributed by atoms with Crippen molar-refractivity contribution in [2.24, 2.45) is 0 Å². The molecule has 0 aliphatic heterocycles. The van der Waals surface area contributed by atoms with Crippen LogP contribution in [-0.2, 0) is 26.8 Å². The van der Waals surface area contributed by atoms with E-state index in [0.717, 1.165) is 5.56 Å². The van der Waals surface area contributed by atoms with Crippen LogP contribution in [0.2, 0.25) is 5.02 Å². The number of halogens is 1. The molecule has 2 atom stereocenters. The fourth-order valence-electron chi connectivity index (χ4n) is 2.33. The number of rotatable bonds is 5. The summed E-state index contributed by atoms with van der Waals surface area (Å²) >= 11 is 5.94. The number of carbonyl (C=O) groups is 1. The quantitative estimate of drug-likeness (QED) is 0.804. The Morgan fingerprint density at radius 3 is 2.36 bits per heavy atom. The molecule has 0 fully saturated rings. The molecular weight excluding hydrogens is 354 g/mol. The average Bonchev–Trinajstić information content (AvgIpc) is 2.53. The molecule has 2 aromatic rings. The molecule has 1 amide bonds. The van der Waals surface area contributed by atoms with Gasteiger partial charge in [0, 0.05) is 27.3 Å². The summed E-state index contributed by atoms with van der Waals surface area (Å²) in [7, 11) is -1.32. The normalized spacial score (nSPS) is 14.0. The van der Waals surface area contributed by atoms with Crippen molar-refractivity contribution in [3.63, 3.8) is 0 Å². The van der Waals surface area contributed by atoms with Crippen molar-refractivity contribution in [1.82, 2.24) is 0 Å². The van der Waals surface area contributed by atoms with E-state index in [-0.39, 0.29) is 11.3 Å². The highest BCUT2D eigenvalue weighted by Gasteiger charge is 2.21. The summed E-state index contributed by atoms with van der Waals surface area (Å²) in [5, 5.41) is 2.83. The van der Waals surface area contributed by atoms with E-state index in [4.69, 9.17) is 11.6 Å². The zero-order valence-corrected chi connectivity index (χ0v) is 16.6. The topological polar surface area (TPSA) is 46.2 Å². The molecule has 0 aromatic heterocycles. The third kappa shape index (κ3) is 5.68. The Bertz CT molecular complexity index is 766. The second kappa shape index (κ2) is 8.15. The number of hydrogen-bond donors (Lipinski definition) is 1. The Balaban J connectivity index is 1.98. The standard InChI is InChI=1S/C20H24ClNO2S/c1-14(25(24)13-15-6-5-7-17(21)12-15)19(23)22-18-10-8-16(9-11-18)20(2,3)4/h5-12,14H,13H2,1-4H3,(H,22,23)/t14-,25-/m0/s1. The smallest absolute Gasteiger partial charge is 0.239 e. The van der Waals surface area contributed by atoms with Crippen molar-refractivity contribution in [2.75, 3.05) is 5.32 Å². The molecule has 2 rings (SSSR count). The zero-order chi connectivity index (χ0) is 18.6. The van der Waals surface area contributed by atoms with Gasteiger partial charge in [0.1, 0.15) is 5.25 Å². The summed E-state index contributed by atoms with van der Waals surface area (Å²) in [6, 6.07) is 15.0. The van der Waals surface area contributed by atoms with E-state index in [9.17, 15) is 9.00 Å². The molecule has 2 aromatic carbocycles. The molecule has 0 unspecified atom stereocenters. The van der Waals surface area contributed by atoms with Gasteiger partial charge in [-0.1, -0.05) is 56.6 Å². The number of anilines is 1. The lowest BCUT2D eigenvalue weighted by Gasteiger charge is -2.19. The van der Waals surface area contributed by atoms with Crippen LogP contribution >= 0.6 is 11.6 Å². The minimum atomic E-state index is -1.32. The molecule has 0 bridgehead atoms. The van der Waals surface area contributed by atoms with Gasteiger partial charge in [-0.3, -0.25) is 9.00 Å². The van der Waals surface area contributed by atoms with Crippen LogP contribution < -0.4 is 5.32 Å². The monoisotopic (exact) mass is 377 g/mol. The van der Waals surface area contributed by atoms with E-state index in [1.54, 1.807) is 19.1 Å². The van der Waals surface area contributed by atoms with E-state index in [1.165, 1.54) is 5.56 Å². The fourth-order valence-corrected chi connectivity index (χ4v) is 3.60. The van der Waals surface area contributed by atoms with Gasteiger partial charge in [-0.25, -0.2) is 0 Å². The second-order valence-corrected chi connectivity index (χ2v) is 9.31. The van der Waals surface area contributed by atoms with Gasteiger partial charge in [-0.2, -0.15) is 0 Å². The number of carbonyl (C=O) groups excluding carboxylic acids is 1. The molecule has 134 valence electrons. The van der Waals surface area contributed by atoms with Crippen molar-refractivity contribution in [1.29, 1.82) is 0 Å². The second-order valence-electron chi connectivity index (χ2n) is 7.11. The van der Waals surface area contributed by atoms with Crippen LogP contribution in [0.1, 0.15) is 38.8 Å². The maximum atomic E-state index is 12.4. The molecule has 0 saturated carbocycles. The van der Waals surface area contributed by atoms with E-state index in [0.29, 0.717) is 16.5 Å². The van der Waals surface area contributed by atoms with Crippen LogP contribution in [-0.4, -0.2) is 15.4 Å². The van der Waals surface area contributed by atoms with Crippen molar-refractivity contribution in [3.05, 3.63) is 64.7 Å². The highest BCUT2D eigenvalue weighted by molar-refractivity contribution is 7.85. The minimum absolute atomic E-state index is 0.0638. The number of amides is 1. The lowest BCUT2D eigenvalue weighted by Crippen LogP contribution is -2.29. The molecule has 1 N–H and O–H groups in total. The Hall–Kier alpha value is -1.65. The molecule has 3 nitrogen and oxygen atoms in total. The van der Waals surface area contributed by atoms with Crippen LogP contribution in [0.25, 0.3) is 0 Å². The molecule has 0 aliphatic carbocycles. The summed E-state index contributed by atoms with van der Waals surface area (Å²) in [6.07, 6.45) is 0. The first-order valence-electron chi connectivity index (χ1n) is 8.20. The SMILES string of the molecule is C[C@@H](C(=O)Nc1ccc(C(C)(C)C)cc1)[S@@](=O)Cc1cccc(Cl)c1. The fraction of sp³-hybridized carbons (Fsp3) is 0.350. The van der Waals surface area contributed by atoms with Crippen molar-refractivity contribution < 1.29 is 9.00 Å². The van der Waals surface area contributed by atoms with Crippen LogP contribution in [0.4, 0.5) is 5.69 Å². The van der Waals surface area contributed by atoms with Gasteiger partial charge in [0.2, 0.25) is 5.91 Å². The maximum absolute atomic E-state index is 12.4. The van der Waals surface area contributed by atoms with Crippen molar-refractivity contribution >= 4 is 34.0 Å². The molecule has 0 aliphatic rings. The predicted octanol–water partition coefficient (Wildman–Crippen LogP) is 4.91. The van der Waals surface area contributed by atoms with Crippen LogP contribution in [0, 0.1) is 0 Å². The first-order valence-corrected chi connectivity index (χ1v) is 9.96. The van der Waals surface area contributed by atoms with Gasteiger partial charge in [0.15, 0.2) is 0 Å². The number of nitrogens with one attached hydrogen (secondary N) is 1. The van der Waals surface area contributed by atoms with Gasteiger partial charge in [-0.05, 0) is 47.7 Å². The van der Waals surface area contributed by atoms with Gasteiger partial charge in [-0.15, -0.1) is 0 Å². The molecule has 0 spiro atoms. The first-order chi connectivity index (χ1) is 11.7. The van der Waals surface area contributed by atoms with Crippen molar-refractivity contribution in [3.8, 4) is 0 Å². The molecule has 0 saturated heterocycles. The first kappa shape index (κ1) is 19.7. The van der Waals surface area contributed by atoms with Gasteiger partial charge >= 0.3 is 0 Å². The molecular formula is C20H24ClNO2S. The Labute approximate surface area is 157 Å². The average molecular weight is 378 g/mol. The highest BCUT2D eigenvalue weighted by atomic mass is 35.5. The zero-order valence-electron chi connectivity index (χ0n) is 15.0. The van der Waals surface area contributed by atoms with Crippen molar-refractivity contribution in [2.45, 2.75) is 44.1 Å². The summed E-state index contributed by atoms with van der Waals surface area (Å²) in [4.78, 5) is 12.4. The molecule has 0 radical (unpaired) electrons. The highest BCUT2D eigenvalue weighted by Crippen LogP contribution is 2.23. The minimum Gasteiger partial charge on any atom is -0.325 e. The van der Waals surface area contributed by atoms with Gasteiger partial charge in [0.05, 0.1) is 0 Å². The Kier molecular flexibility index (Phi) is 6.42. The molecule has 0 heterocycles. The van der Waals surface area contributed by atoms with Gasteiger partial charge in [0.25, 0.3) is 0 Å². The number of hydrogen-bond acceptors (Lipinski definition) is 2. The van der Waals surface area contributed by atoms with E-state index >= 15 is 0 Å². The third-order valence-corrected chi connectivity index (χ3v) is 5.84. The lowest BCUT2D eigenvalue weighted by molar-refractivity contribution is -0.115. The summed E-state index contributed by atoms with van der Waals surface area (Å²) in [6.45, 7) is 8.10. The maximum Gasteiger partial charge on any atom is 0.239 e. The van der Waals surface area contributed by atoms with E-state index in [2.05, 4.69) is 26.1 Å². The lowest BCUT2D eigenvalue weighted by atomic mass is 9.87. The summed E-state index contributed by atoms with van der Waals surface area (Å²) in [5.41, 5.74) is 2.83. The molecule has 5 heteroatoms. The predicted molar refractivity (Wildman–Crippen MR) is 107 cm³/mol. The van der Waals surface area contributed by atoms with Crippen LogP contribution in [0.15, 0.2) is 48.5 Å². The van der Waals surface area contributed by atoms with Gasteiger partial charge < -0.3 is 5.32 Å². The Morgan fingerprint density at radius 2 is 1.80 bits per heavy atom. The van der Waals surface area contributed by atoms with Crippen LogP contribution in [0.3, 0.4) is 0 Å². The summed E-state index contributed by atoms with van der Waals surface area (Å²) < 4.78 is 12.4. The largest absolute Gasteiger partial charge is 0.325 e.